The van der Waals surface area contributed by atoms with Gasteiger partial charge in [-0.15, -0.1) is 0 Å². The van der Waals surface area contributed by atoms with E-state index in [9.17, 15) is 0 Å². The highest BCUT2D eigenvalue weighted by molar-refractivity contribution is 5.94. The van der Waals surface area contributed by atoms with E-state index in [1.54, 1.807) is 4.68 Å². The Kier molecular flexibility index (Phi) is 4.86. The summed E-state index contributed by atoms with van der Waals surface area (Å²) in [5.74, 6) is 1.05. The quantitative estimate of drug-likeness (QED) is 0.764. The van der Waals surface area contributed by atoms with Crippen LogP contribution in [-0.2, 0) is 6.54 Å². The number of anilines is 1. The smallest absolute Gasteiger partial charge is 0.137 e. The number of benzene rings is 1. The number of aromatic nitrogens is 3. The van der Waals surface area contributed by atoms with Crippen LogP contribution in [0.1, 0.15) is 6.92 Å². The fraction of sp³-hybridized carbons (Fsp3) is 0.400. The van der Waals surface area contributed by atoms with Gasteiger partial charge < -0.3 is 14.9 Å². The van der Waals surface area contributed by atoms with E-state index in [4.69, 9.17) is 10.1 Å². The summed E-state index contributed by atoms with van der Waals surface area (Å²) in [5.41, 5.74) is 1.73. The van der Waals surface area contributed by atoms with Gasteiger partial charge in [-0.2, -0.15) is 5.10 Å². The van der Waals surface area contributed by atoms with Gasteiger partial charge in [-0.1, -0.05) is 31.2 Å². The highest BCUT2D eigenvalue weighted by Gasteiger charge is 2.20. The van der Waals surface area contributed by atoms with E-state index in [0.717, 1.165) is 49.9 Å². The van der Waals surface area contributed by atoms with Gasteiger partial charge in [-0.3, -0.25) is 4.68 Å². The van der Waals surface area contributed by atoms with Crippen LogP contribution in [-0.4, -0.2) is 64.1 Å². The second-order valence-electron chi connectivity index (χ2n) is 6.66. The van der Waals surface area contributed by atoms with Crippen LogP contribution in [0.2, 0.25) is 0 Å². The Morgan fingerprint density at radius 1 is 1.04 bits per heavy atom. The van der Waals surface area contributed by atoms with Gasteiger partial charge in [0.05, 0.1) is 18.8 Å². The summed E-state index contributed by atoms with van der Waals surface area (Å²) >= 11 is 0. The lowest BCUT2D eigenvalue weighted by atomic mass is 10.1. The van der Waals surface area contributed by atoms with E-state index in [-0.39, 0.29) is 6.61 Å². The lowest BCUT2D eigenvalue weighted by Crippen LogP contribution is -2.46. The number of pyridine rings is 1. The number of aliphatic hydroxyl groups excluding tert-OH is 1. The molecule has 0 unspecified atom stereocenters. The Labute approximate surface area is 153 Å². The molecule has 0 radical (unpaired) electrons. The van der Waals surface area contributed by atoms with E-state index in [1.165, 1.54) is 10.8 Å². The number of likely N-dealkylation sites (N-methyl/N-ethyl adjacent to an activating group) is 1. The van der Waals surface area contributed by atoms with Gasteiger partial charge in [0, 0.05) is 37.8 Å². The van der Waals surface area contributed by atoms with E-state index in [0.29, 0.717) is 6.54 Å². The van der Waals surface area contributed by atoms with Crippen molar-refractivity contribution in [3.63, 3.8) is 0 Å². The van der Waals surface area contributed by atoms with Crippen molar-refractivity contribution in [3.05, 3.63) is 42.6 Å². The molecule has 0 aliphatic carbocycles. The molecule has 0 spiro atoms. The van der Waals surface area contributed by atoms with Gasteiger partial charge in [0.25, 0.3) is 0 Å². The first-order valence-electron chi connectivity index (χ1n) is 9.30. The van der Waals surface area contributed by atoms with Gasteiger partial charge in [0.1, 0.15) is 11.5 Å². The summed E-state index contributed by atoms with van der Waals surface area (Å²) in [6, 6.07) is 12.5. The van der Waals surface area contributed by atoms with Gasteiger partial charge >= 0.3 is 0 Å². The third-order valence-electron chi connectivity index (χ3n) is 5.07. The van der Waals surface area contributed by atoms with E-state index >= 15 is 0 Å². The van der Waals surface area contributed by atoms with Crippen molar-refractivity contribution in [1.29, 1.82) is 0 Å². The SMILES string of the molecule is CCN1CCN(c2nc(-c3ccn(CCO)n3)cc3ccccc23)CC1. The summed E-state index contributed by atoms with van der Waals surface area (Å²) in [6.07, 6.45) is 1.89. The summed E-state index contributed by atoms with van der Waals surface area (Å²) < 4.78 is 1.76. The minimum atomic E-state index is 0.0826. The molecule has 0 bridgehead atoms. The third kappa shape index (κ3) is 3.30. The monoisotopic (exact) mass is 351 g/mol. The maximum atomic E-state index is 9.11. The number of hydrogen-bond donors (Lipinski definition) is 1. The summed E-state index contributed by atoms with van der Waals surface area (Å²) in [7, 11) is 0. The molecular weight excluding hydrogens is 326 g/mol. The lowest BCUT2D eigenvalue weighted by molar-refractivity contribution is 0.269. The Morgan fingerprint density at radius 2 is 1.85 bits per heavy atom. The topological polar surface area (TPSA) is 57.4 Å². The van der Waals surface area contributed by atoms with E-state index < -0.39 is 0 Å². The Balaban J connectivity index is 1.73. The Hall–Kier alpha value is -2.44. The van der Waals surface area contributed by atoms with Crippen LogP contribution in [0.3, 0.4) is 0 Å². The normalized spacial score (nSPS) is 15.7. The summed E-state index contributed by atoms with van der Waals surface area (Å²) in [4.78, 5) is 9.85. The molecule has 1 N–H and O–H groups in total. The average Bonchev–Trinajstić information content (AvgIpc) is 3.16. The van der Waals surface area contributed by atoms with Crippen LogP contribution in [0.15, 0.2) is 42.6 Å². The van der Waals surface area contributed by atoms with E-state index in [1.807, 2.05) is 12.3 Å². The molecule has 26 heavy (non-hydrogen) atoms. The third-order valence-corrected chi connectivity index (χ3v) is 5.07. The maximum Gasteiger partial charge on any atom is 0.137 e. The van der Waals surface area contributed by atoms with Gasteiger partial charge in [-0.25, -0.2) is 4.98 Å². The molecule has 3 aromatic rings. The van der Waals surface area contributed by atoms with Crippen LogP contribution in [0, 0.1) is 0 Å². The molecule has 3 heterocycles. The molecule has 6 heteroatoms. The minimum Gasteiger partial charge on any atom is -0.394 e. The first-order valence-corrected chi connectivity index (χ1v) is 9.30. The minimum absolute atomic E-state index is 0.0826. The molecule has 0 atom stereocenters. The second kappa shape index (κ2) is 7.43. The number of hydrogen-bond acceptors (Lipinski definition) is 5. The van der Waals surface area contributed by atoms with Crippen molar-refractivity contribution in [3.8, 4) is 11.4 Å². The molecule has 1 aliphatic rings. The molecule has 1 fully saturated rings. The fourth-order valence-electron chi connectivity index (χ4n) is 3.55. The Bertz CT molecular complexity index is 883. The number of piperazine rings is 1. The molecule has 2 aromatic heterocycles. The second-order valence-corrected chi connectivity index (χ2v) is 6.66. The summed E-state index contributed by atoms with van der Waals surface area (Å²) in [6.45, 7) is 8.03. The molecule has 0 amide bonds. The van der Waals surface area contributed by atoms with Crippen LogP contribution in [0.5, 0.6) is 0 Å². The molecule has 0 saturated carbocycles. The number of aliphatic hydroxyl groups is 1. The Morgan fingerprint density at radius 3 is 2.62 bits per heavy atom. The fourth-order valence-corrected chi connectivity index (χ4v) is 3.55. The van der Waals surface area contributed by atoms with Gasteiger partial charge in [0.2, 0.25) is 0 Å². The molecular formula is C20H25N5O. The molecule has 136 valence electrons. The first kappa shape index (κ1) is 17.0. The zero-order valence-electron chi connectivity index (χ0n) is 15.2. The van der Waals surface area contributed by atoms with Crippen molar-refractivity contribution in [2.24, 2.45) is 0 Å². The molecule has 1 aliphatic heterocycles. The standard InChI is InChI=1S/C20H25N5O/c1-2-23-9-11-24(12-10-23)20-17-6-4-3-5-16(17)15-19(21-20)18-7-8-25(22-18)13-14-26/h3-8,15,26H,2,9-14H2,1H3. The van der Waals surface area contributed by atoms with Gasteiger partial charge in [0.15, 0.2) is 0 Å². The first-order chi connectivity index (χ1) is 12.8. The predicted octanol–water partition coefficient (Wildman–Crippen LogP) is 2.23. The largest absolute Gasteiger partial charge is 0.394 e. The number of nitrogens with zero attached hydrogens (tertiary/aromatic N) is 5. The highest BCUT2D eigenvalue weighted by Crippen LogP contribution is 2.30. The zero-order valence-corrected chi connectivity index (χ0v) is 15.2. The van der Waals surface area contributed by atoms with Crippen LogP contribution in [0.25, 0.3) is 22.2 Å². The highest BCUT2D eigenvalue weighted by atomic mass is 16.3. The van der Waals surface area contributed by atoms with Crippen LogP contribution in [0.4, 0.5) is 5.82 Å². The lowest BCUT2D eigenvalue weighted by Gasteiger charge is -2.35. The van der Waals surface area contributed by atoms with Crippen LogP contribution < -0.4 is 4.90 Å². The number of rotatable bonds is 5. The zero-order chi connectivity index (χ0) is 17.9. The van der Waals surface area contributed by atoms with Crippen molar-refractivity contribution < 1.29 is 5.11 Å². The molecule has 1 aromatic carbocycles. The maximum absolute atomic E-state index is 9.11. The predicted molar refractivity (Wildman–Crippen MR) is 104 cm³/mol. The molecule has 6 nitrogen and oxygen atoms in total. The number of fused-ring (bicyclic) bond motifs is 1. The average molecular weight is 351 g/mol. The van der Waals surface area contributed by atoms with Crippen molar-refractivity contribution in [2.45, 2.75) is 13.5 Å². The van der Waals surface area contributed by atoms with Crippen molar-refractivity contribution in [1.82, 2.24) is 19.7 Å². The van der Waals surface area contributed by atoms with Gasteiger partial charge in [-0.05, 0) is 24.1 Å². The van der Waals surface area contributed by atoms with Crippen molar-refractivity contribution >= 4 is 16.6 Å². The van der Waals surface area contributed by atoms with Crippen LogP contribution >= 0.6 is 0 Å². The molecule has 4 rings (SSSR count). The van der Waals surface area contributed by atoms with Crippen molar-refractivity contribution in [2.75, 3.05) is 44.2 Å². The summed E-state index contributed by atoms with van der Waals surface area (Å²) in [5, 5.41) is 16.0. The molecule has 1 saturated heterocycles. The van der Waals surface area contributed by atoms with E-state index in [2.05, 4.69) is 52.2 Å².